The average Bonchev–Trinajstić information content (AvgIpc) is 2.25. The van der Waals surface area contributed by atoms with E-state index in [1.807, 2.05) is 7.05 Å². The molecule has 84 valence electrons. The van der Waals surface area contributed by atoms with Gasteiger partial charge >= 0.3 is 0 Å². The zero-order valence-electron chi connectivity index (χ0n) is 8.96. The van der Waals surface area contributed by atoms with Crippen molar-refractivity contribution in [3.63, 3.8) is 0 Å². The van der Waals surface area contributed by atoms with Crippen LogP contribution in [0.15, 0.2) is 18.2 Å². The van der Waals surface area contributed by atoms with E-state index in [0.29, 0.717) is 11.9 Å². The minimum Gasteiger partial charge on any atom is -0.383 e. The molecule has 0 atom stereocenters. The minimum atomic E-state index is -0.201. The molecule has 0 aromatic heterocycles. The fraction of sp³-hybridized carbons (Fsp3) is 0.455. The molecule has 0 aliphatic heterocycles. The van der Waals surface area contributed by atoms with Crippen molar-refractivity contribution in [2.75, 3.05) is 32.2 Å². The van der Waals surface area contributed by atoms with E-state index in [1.54, 1.807) is 19.2 Å². The molecule has 0 N–H and O–H groups in total. The third kappa shape index (κ3) is 3.47. The maximum absolute atomic E-state index is 13.0. The van der Waals surface area contributed by atoms with Crippen molar-refractivity contribution >= 4 is 21.6 Å². The Labute approximate surface area is 98.2 Å². The second-order valence-corrected chi connectivity index (χ2v) is 3.88. The third-order valence-corrected chi connectivity index (χ3v) is 2.83. The van der Waals surface area contributed by atoms with Crippen LogP contribution in [0.1, 0.15) is 5.56 Å². The van der Waals surface area contributed by atoms with Gasteiger partial charge in [0.05, 0.1) is 6.61 Å². The monoisotopic (exact) mass is 275 g/mol. The Bertz CT molecular complexity index is 319. The largest absolute Gasteiger partial charge is 0.383 e. The molecule has 0 aliphatic rings. The highest BCUT2D eigenvalue weighted by Gasteiger charge is 2.07. The van der Waals surface area contributed by atoms with Crippen LogP contribution >= 0.6 is 15.9 Å². The quantitative estimate of drug-likeness (QED) is 0.767. The average molecular weight is 276 g/mol. The lowest BCUT2D eigenvalue weighted by Crippen LogP contribution is -2.23. The summed E-state index contributed by atoms with van der Waals surface area (Å²) in [5.41, 5.74) is 1.99. The molecule has 0 amide bonds. The van der Waals surface area contributed by atoms with E-state index in [9.17, 15) is 4.39 Å². The van der Waals surface area contributed by atoms with E-state index in [-0.39, 0.29) is 5.82 Å². The van der Waals surface area contributed by atoms with Crippen LogP contribution in [0.25, 0.3) is 0 Å². The van der Waals surface area contributed by atoms with Gasteiger partial charge in [-0.2, -0.15) is 0 Å². The highest BCUT2D eigenvalue weighted by Crippen LogP contribution is 2.22. The van der Waals surface area contributed by atoms with Crippen molar-refractivity contribution in [3.8, 4) is 0 Å². The first kappa shape index (κ1) is 12.5. The Morgan fingerprint density at radius 1 is 1.47 bits per heavy atom. The van der Waals surface area contributed by atoms with Gasteiger partial charge in [0, 0.05) is 31.7 Å². The number of hydrogen-bond acceptors (Lipinski definition) is 2. The van der Waals surface area contributed by atoms with Crippen LogP contribution in [0.5, 0.6) is 0 Å². The SMILES string of the molecule is COCCN(C)c1ccc(F)cc1CBr. The first-order valence-electron chi connectivity index (χ1n) is 4.73. The molecule has 0 heterocycles. The Morgan fingerprint density at radius 3 is 2.80 bits per heavy atom. The number of alkyl halides is 1. The molecule has 2 nitrogen and oxygen atoms in total. The highest BCUT2D eigenvalue weighted by atomic mass is 79.9. The Morgan fingerprint density at radius 2 is 2.20 bits per heavy atom. The van der Waals surface area contributed by atoms with Crippen LogP contribution in [-0.4, -0.2) is 27.3 Å². The van der Waals surface area contributed by atoms with Crippen LogP contribution in [0.2, 0.25) is 0 Å². The fourth-order valence-corrected chi connectivity index (χ4v) is 1.83. The Balaban J connectivity index is 2.82. The van der Waals surface area contributed by atoms with Gasteiger partial charge in [-0.3, -0.25) is 0 Å². The summed E-state index contributed by atoms with van der Waals surface area (Å²) in [7, 11) is 3.64. The Kier molecular flexibility index (Phi) is 5.05. The van der Waals surface area contributed by atoms with Crippen molar-refractivity contribution in [1.29, 1.82) is 0 Å². The first-order chi connectivity index (χ1) is 7.19. The first-order valence-corrected chi connectivity index (χ1v) is 5.85. The number of halogens is 2. The molecule has 15 heavy (non-hydrogen) atoms. The molecule has 0 saturated carbocycles. The summed E-state index contributed by atoms with van der Waals surface area (Å²) in [6, 6.07) is 4.82. The number of likely N-dealkylation sites (N-methyl/N-ethyl adjacent to an activating group) is 1. The van der Waals surface area contributed by atoms with Crippen LogP contribution in [0.4, 0.5) is 10.1 Å². The summed E-state index contributed by atoms with van der Waals surface area (Å²) in [6.45, 7) is 1.46. The topological polar surface area (TPSA) is 12.5 Å². The van der Waals surface area contributed by atoms with Crippen LogP contribution in [0, 0.1) is 5.82 Å². The van der Waals surface area contributed by atoms with Crippen LogP contribution in [0.3, 0.4) is 0 Å². The predicted octanol–water partition coefficient (Wildman–Crippen LogP) is 2.80. The van der Waals surface area contributed by atoms with Gasteiger partial charge in [-0.05, 0) is 23.8 Å². The van der Waals surface area contributed by atoms with Gasteiger partial charge in [0.25, 0.3) is 0 Å². The van der Waals surface area contributed by atoms with Crippen molar-refractivity contribution in [2.45, 2.75) is 5.33 Å². The van der Waals surface area contributed by atoms with E-state index >= 15 is 0 Å². The van der Waals surface area contributed by atoms with E-state index < -0.39 is 0 Å². The molecule has 0 bridgehead atoms. The number of ether oxygens (including phenoxy) is 1. The van der Waals surface area contributed by atoms with Gasteiger partial charge in [0.2, 0.25) is 0 Å². The molecule has 1 aromatic rings. The summed E-state index contributed by atoms with van der Waals surface area (Å²) in [4.78, 5) is 2.06. The second-order valence-electron chi connectivity index (χ2n) is 3.32. The number of hydrogen-bond donors (Lipinski definition) is 0. The van der Waals surface area contributed by atoms with E-state index in [4.69, 9.17) is 4.74 Å². The summed E-state index contributed by atoms with van der Waals surface area (Å²) >= 11 is 3.35. The van der Waals surface area contributed by atoms with Gasteiger partial charge in [0.15, 0.2) is 0 Å². The normalized spacial score (nSPS) is 10.4. The lowest BCUT2D eigenvalue weighted by molar-refractivity contribution is 0.206. The molecule has 0 saturated heterocycles. The molecular weight excluding hydrogens is 261 g/mol. The number of rotatable bonds is 5. The highest BCUT2D eigenvalue weighted by molar-refractivity contribution is 9.08. The molecule has 4 heteroatoms. The van der Waals surface area contributed by atoms with Crippen LogP contribution < -0.4 is 4.90 Å². The molecule has 1 aromatic carbocycles. The van der Waals surface area contributed by atoms with Crippen LogP contribution in [-0.2, 0) is 10.1 Å². The number of anilines is 1. The van der Waals surface area contributed by atoms with E-state index in [1.165, 1.54) is 6.07 Å². The van der Waals surface area contributed by atoms with Crippen molar-refractivity contribution in [3.05, 3.63) is 29.6 Å². The smallest absolute Gasteiger partial charge is 0.123 e. The molecule has 1 rings (SSSR count). The van der Waals surface area contributed by atoms with Gasteiger partial charge in [-0.25, -0.2) is 4.39 Å². The Hall–Kier alpha value is -0.610. The number of nitrogens with zero attached hydrogens (tertiary/aromatic N) is 1. The van der Waals surface area contributed by atoms with E-state index in [0.717, 1.165) is 17.8 Å². The van der Waals surface area contributed by atoms with E-state index in [2.05, 4.69) is 20.8 Å². The predicted molar refractivity (Wildman–Crippen MR) is 64.2 cm³/mol. The van der Waals surface area contributed by atoms with Crippen molar-refractivity contribution in [1.82, 2.24) is 0 Å². The maximum Gasteiger partial charge on any atom is 0.123 e. The number of methoxy groups -OCH3 is 1. The molecule has 0 aliphatic carbocycles. The summed E-state index contributed by atoms with van der Waals surface area (Å²) in [6.07, 6.45) is 0. The van der Waals surface area contributed by atoms with Gasteiger partial charge in [0.1, 0.15) is 5.82 Å². The third-order valence-electron chi connectivity index (χ3n) is 2.23. The van der Waals surface area contributed by atoms with Gasteiger partial charge in [-0.15, -0.1) is 0 Å². The number of benzene rings is 1. The lowest BCUT2D eigenvalue weighted by atomic mass is 10.2. The summed E-state index contributed by atoms with van der Waals surface area (Å²) in [5.74, 6) is -0.201. The minimum absolute atomic E-state index is 0.201. The van der Waals surface area contributed by atoms with Gasteiger partial charge < -0.3 is 9.64 Å². The molecule has 0 unspecified atom stereocenters. The maximum atomic E-state index is 13.0. The molecular formula is C11H15BrFNO. The van der Waals surface area contributed by atoms with Crippen molar-refractivity contribution < 1.29 is 9.13 Å². The zero-order chi connectivity index (χ0) is 11.3. The van der Waals surface area contributed by atoms with Gasteiger partial charge in [-0.1, -0.05) is 15.9 Å². The molecule has 0 radical (unpaired) electrons. The fourth-order valence-electron chi connectivity index (χ4n) is 1.38. The lowest BCUT2D eigenvalue weighted by Gasteiger charge is -2.21. The zero-order valence-corrected chi connectivity index (χ0v) is 10.6. The molecule has 0 spiro atoms. The molecule has 0 fully saturated rings. The second kappa shape index (κ2) is 6.08. The summed E-state index contributed by atoms with van der Waals surface area (Å²) < 4.78 is 18.0. The standard InChI is InChI=1S/C11H15BrFNO/c1-14(5-6-15-2)11-4-3-10(13)7-9(11)8-12/h3-4,7H,5-6,8H2,1-2H3. The van der Waals surface area contributed by atoms with Crippen molar-refractivity contribution in [2.24, 2.45) is 0 Å². The summed E-state index contributed by atoms with van der Waals surface area (Å²) in [5, 5.41) is 0.650.